The van der Waals surface area contributed by atoms with Crippen molar-refractivity contribution in [2.75, 3.05) is 33.5 Å². The van der Waals surface area contributed by atoms with E-state index >= 15 is 0 Å². The lowest BCUT2D eigenvalue weighted by molar-refractivity contribution is -0.132. The molecule has 0 atom stereocenters. The molecule has 0 aliphatic carbocycles. The number of hydrogen-bond acceptors (Lipinski definition) is 4. The molecule has 3 N–H and O–H groups in total. The van der Waals surface area contributed by atoms with Crippen LogP contribution in [0.1, 0.15) is 27.7 Å². The lowest BCUT2D eigenvalue weighted by atomic mass is 9.74. The Labute approximate surface area is 104 Å². The predicted molar refractivity (Wildman–Crippen MR) is 67.8 cm³/mol. The average Bonchev–Trinajstić information content (AvgIpc) is 2.21. The van der Waals surface area contributed by atoms with E-state index in [1.54, 1.807) is 7.11 Å². The van der Waals surface area contributed by atoms with Crippen LogP contribution in [0.3, 0.4) is 0 Å². The Hall–Kier alpha value is -0.650. The molecule has 0 aliphatic heterocycles. The van der Waals surface area contributed by atoms with Crippen LogP contribution in [0.5, 0.6) is 0 Å². The molecule has 0 unspecified atom stereocenters. The van der Waals surface area contributed by atoms with Gasteiger partial charge in [0.15, 0.2) is 0 Å². The highest BCUT2D eigenvalue weighted by Gasteiger charge is 2.40. The molecule has 0 bridgehead atoms. The van der Waals surface area contributed by atoms with Gasteiger partial charge in [0.2, 0.25) is 5.91 Å². The lowest BCUT2D eigenvalue weighted by Gasteiger charge is -2.36. The molecule has 0 aromatic rings. The third-order valence-electron chi connectivity index (χ3n) is 3.14. The summed E-state index contributed by atoms with van der Waals surface area (Å²) in [6.45, 7) is 9.46. The summed E-state index contributed by atoms with van der Waals surface area (Å²) in [5.74, 6) is -0.0552. The molecule has 0 saturated carbocycles. The maximum Gasteiger partial charge on any atom is 0.227 e. The minimum Gasteiger partial charge on any atom is -0.382 e. The molecular weight excluding hydrogens is 220 g/mol. The van der Waals surface area contributed by atoms with E-state index in [1.165, 1.54) is 0 Å². The first-order valence-corrected chi connectivity index (χ1v) is 5.87. The van der Waals surface area contributed by atoms with Crippen LogP contribution in [0.15, 0.2) is 0 Å². The van der Waals surface area contributed by atoms with Crippen LogP contribution in [-0.4, -0.2) is 44.9 Å². The Bertz CT molecular complexity index is 234. The standard InChI is InChI=1S/C12H26N2O3/c1-11(2,12(3,4)13)10(15)14-6-7-17-9-8-16-5/h6-9,13H2,1-5H3,(H,14,15). The molecular formula is C12H26N2O3. The number of rotatable bonds is 8. The minimum absolute atomic E-state index is 0.0552. The van der Waals surface area contributed by atoms with Crippen molar-refractivity contribution in [2.45, 2.75) is 33.2 Å². The first-order valence-electron chi connectivity index (χ1n) is 5.87. The van der Waals surface area contributed by atoms with Crippen LogP contribution >= 0.6 is 0 Å². The first kappa shape index (κ1) is 16.4. The Balaban J connectivity index is 3.87. The van der Waals surface area contributed by atoms with Crippen molar-refractivity contribution in [1.82, 2.24) is 5.32 Å². The number of amides is 1. The van der Waals surface area contributed by atoms with E-state index in [9.17, 15) is 4.79 Å². The number of nitrogens with two attached hydrogens (primary N) is 1. The molecule has 0 spiro atoms. The van der Waals surface area contributed by atoms with Crippen molar-refractivity contribution in [3.63, 3.8) is 0 Å². The van der Waals surface area contributed by atoms with Crippen LogP contribution in [0.2, 0.25) is 0 Å². The highest BCUT2D eigenvalue weighted by atomic mass is 16.5. The van der Waals surface area contributed by atoms with E-state index in [2.05, 4.69) is 5.32 Å². The molecule has 0 rings (SSSR count). The average molecular weight is 246 g/mol. The number of methoxy groups -OCH3 is 1. The first-order chi connectivity index (χ1) is 7.73. The molecule has 102 valence electrons. The van der Waals surface area contributed by atoms with E-state index in [-0.39, 0.29) is 5.91 Å². The summed E-state index contributed by atoms with van der Waals surface area (Å²) < 4.78 is 10.1. The molecule has 5 heteroatoms. The SMILES string of the molecule is COCCOCCNC(=O)C(C)(C)C(C)(C)N. The van der Waals surface area contributed by atoms with Gasteiger partial charge in [-0.15, -0.1) is 0 Å². The zero-order chi connectivity index (χ0) is 13.5. The van der Waals surface area contributed by atoms with Gasteiger partial charge in [-0.3, -0.25) is 4.79 Å². The summed E-state index contributed by atoms with van der Waals surface area (Å²) in [4.78, 5) is 11.9. The van der Waals surface area contributed by atoms with E-state index in [0.717, 1.165) is 0 Å². The van der Waals surface area contributed by atoms with Crippen molar-refractivity contribution < 1.29 is 14.3 Å². The molecule has 1 amide bonds. The van der Waals surface area contributed by atoms with Gasteiger partial charge >= 0.3 is 0 Å². The zero-order valence-electron chi connectivity index (χ0n) is 11.6. The topological polar surface area (TPSA) is 73.6 Å². The molecule has 0 heterocycles. The second-order valence-corrected chi connectivity index (χ2v) is 5.21. The predicted octanol–water partition coefficient (Wildman–Crippen LogP) is 0.529. The number of carbonyl (C=O) groups is 1. The normalized spacial score (nSPS) is 12.6. The number of nitrogens with one attached hydrogen (secondary N) is 1. The minimum atomic E-state index is -0.612. The lowest BCUT2D eigenvalue weighted by Crippen LogP contribution is -2.55. The van der Waals surface area contributed by atoms with Gasteiger partial charge in [0.05, 0.1) is 25.2 Å². The molecule has 0 radical (unpaired) electrons. The van der Waals surface area contributed by atoms with Gasteiger partial charge in [-0.1, -0.05) is 0 Å². The molecule has 0 fully saturated rings. The third kappa shape index (κ3) is 5.48. The van der Waals surface area contributed by atoms with Gasteiger partial charge in [-0.25, -0.2) is 0 Å². The van der Waals surface area contributed by atoms with E-state index in [1.807, 2.05) is 27.7 Å². The zero-order valence-corrected chi connectivity index (χ0v) is 11.6. The highest BCUT2D eigenvalue weighted by molar-refractivity contribution is 5.83. The van der Waals surface area contributed by atoms with E-state index in [0.29, 0.717) is 26.4 Å². The second kappa shape index (κ2) is 6.93. The summed E-state index contributed by atoms with van der Waals surface area (Å²) in [7, 11) is 1.62. The summed E-state index contributed by atoms with van der Waals surface area (Å²) in [5, 5.41) is 2.82. The Kier molecular flexibility index (Phi) is 6.67. The fourth-order valence-electron chi connectivity index (χ4n) is 0.995. The van der Waals surface area contributed by atoms with Gasteiger partial charge in [-0.05, 0) is 27.7 Å². The second-order valence-electron chi connectivity index (χ2n) is 5.21. The Morgan fingerprint density at radius 1 is 1.18 bits per heavy atom. The van der Waals surface area contributed by atoms with Gasteiger partial charge in [0, 0.05) is 19.2 Å². The number of hydrogen-bond donors (Lipinski definition) is 2. The van der Waals surface area contributed by atoms with Crippen molar-refractivity contribution in [1.29, 1.82) is 0 Å². The van der Waals surface area contributed by atoms with Crippen LogP contribution in [0, 0.1) is 5.41 Å². The summed E-state index contributed by atoms with van der Waals surface area (Å²) in [6.07, 6.45) is 0. The number of carbonyl (C=O) groups excluding carboxylic acids is 1. The summed E-state index contributed by atoms with van der Waals surface area (Å²) in [6, 6.07) is 0. The molecule has 0 saturated heterocycles. The fourth-order valence-corrected chi connectivity index (χ4v) is 0.995. The molecule has 0 aromatic carbocycles. The van der Waals surface area contributed by atoms with Crippen molar-refractivity contribution in [3.05, 3.63) is 0 Å². The van der Waals surface area contributed by atoms with Gasteiger partial charge in [0.25, 0.3) is 0 Å². The van der Waals surface area contributed by atoms with Gasteiger partial charge in [0.1, 0.15) is 0 Å². The largest absolute Gasteiger partial charge is 0.382 e. The van der Waals surface area contributed by atoms with Crippen molar-refractivity contribution >= 4 is 5.91 Å². The number of ether oxygens (including phenoxy) is 2. The molecule has 0 aromatic heterocycles. The van der Waals surface area contributed by atoms with Crippen molar-refractivity contribution in [2.24, 2.45) is 11.1 Å². The molecule has 17 heavy (non-hydrogen) atoms. The Morgan fingerprint density at radius 2 is 1.76 bits per heavy atom. The quantitative estimate of drug-likeness (QED) is 0.613. The van der Waals surface area contributed by atoms with Gasteiger partial charge in [-0.2, -0.15) is 0 Å². The van der Waals surface area contributed by atoms with Crippen LogP contribution in [0.25, 0.3) is 0 Å². The summed E-state index contributed by atoms with van der Waals surface area (Å²) in [5.41, 5.74) is 4.80. The van der Waals surface area contributed by atoms with Crippen LogP contribution in [-0.2, 0) is 14.3 Å². The van der Waals surface area contributed by atoms with Crippen LogP contribution < -0.4 is 11.1 Å². The molecule has 0 aliphatic rings. The van der Waals surface area contributed by atoms with Crippen molar-refractivity contribution in [3.8, 4) is 0 Å². The highest BCUT2D eigenvalue weighted by Crippen LogP contribution is 2.28. The third-order valence-corrected chi connectivity index (χ3v) is 3.14. The maximum absolute atomic E-state index is 11.9. The smallest absolute Gasteiger partial charge is 0.227 e. The Morgan fingerprint density at radius 3 is 2.24 bits per heavy atom. The fraction of sp³-hybridized carbons (Fsp3) is 0.917. The molecule has 5 nitrogen and oxygen atoms in total. The maximum atomic E-state index is 11.9. The summed E-state index contributed by atoms with van der Waals surface area (Å²) >= 11 is 0. The monoisotopic (exact) mass is 246 g/mol. The van der Waals surface area contributed by atoms with Gasteiger partial charge < -0.3 is 20.5 Å². The van der Waals surface area contributed by atoms with E-state index < -0.39 is 11.0 Å². The van der Waals surface area contributed by atoms with Crippen LogP contribution in [0.4, 0.5) is 0 Å². The van der Waals surface area contributed by atoms with E-state index in [4.69, 9.17) is 15.2 Å².